The van der Waals surface area contributed by atoms with E-state index in [2.05, 4.69) is 16.0 Å². The van der Waals surface area contributed by atoms with Crippen LogP contribution in [0.15, 0.2) is 53.3 Å². The average Bonchev–Trinajstić information content (AvgIpc) is 3.22. The molecular formula is C32H36FN3O6. The zero-order valence-electron chi connectivity index (χ0n) is 24.3. The van der Waals surface area contributed by atoms with Crippen LogP contribution in [0.2, 0.25) is 0 Å². The summed E-state index contributed by atoms with van der Waals surface area (Å²) in [5.41, 5.74) is 3.63. The number of hydrogen-bond acceptors (Lipinski definition) is 7. The molecule has 4 rings (SSSR count). The van der Waals surface area contributed by atoms with Crippen molar-refractivity contribution in [2.45, 2.75) is 45.2 Å². The number of methoxy groups -OCH3 is 3. The molecule has 0 aromatic heterocycles. The summed E-state index contributed by atoms with van der Waals surface area (Å²) < 4.78 is 30.8. The van der Waals surface area contributed by atoms with Crippen LogP contribution in [-0.4, -0.2) is 39.7 Å². The van der Waals surface area contributed by atoms with Crippen LogP contribution >= 0.6 is 0 Å². The summed E-state index contributed by atoms with van der Waals surface area (Å²) in [6, 6.07) is 12.9. The SMILES string of the molecule is COc1cc2c(c(OC)c1OC)-c1ccc(NCCCC(=O)NCc3ccccc3F)c(=O)cc1[C@@H](NC(C)=O)CC2. The fourth-order valence-electron chi connectivity index (χ4n) is 5.25. The molecule has 0 fully saturated rings. The number of amides is 2. The van der Waals surface area contributed by atoms with Crippen molar-refractivity contribution in [2.75, 3.05) is 33.2 Å². The Balaban J connectivity index is 1.58. The molecule has 0 spiro atoms. The first kappa shape index (κ1) is 30.4. The van der Waals surface area contributed by atoms with Crippen molar-refractivity contribution >= 4 is 17.5 Å². The van der Waals surface area contributed by atoms with Gasteiger partial charge >= 0.3 is 0 Å². The number of anilines is 1. The van der Waals surface area contributed by atoms with Crippen molar-refractivity contribution in [2.24, 2.45) is 0 Å². The van der Waals surface area contributed by atoms with E-state index < -0.39 is 6.04 Å². The number of hydrogen-bond donors (Lipinski definition) is 3. The van der Waals surface area contributed by atoms with Gasteiger partial charge < -0.3 is 30.2 Å². The molecule has 0 unspecified atom stereocenters. The summed E-state index contributed by atoms with van der Waals surface area (Å²) in [7, 11) is 4.64. The number of nitrogens with one attached hydrogen (secondary N) is 3. The Morgan fingerprint density at radius 3 is 2.45 bits per heavy atom. The number of benzene rings is 2. The summed E-state index contributed by atoms with van der Waals surface area (Å²) in [5.74, 6) is 0.659. The summed E-state index contributed by atoms with van der Waals surface area (Å²) in [4.78, 5) is 37.8. The van der Waals surface area contributed by atoms with Gasteiger partial charge in [0.1, 0.15) is 5.82 Å². The normalized spacial score (nSPS) is 13.6. The lowest BCUT2D eigenvalue weighted by molar-refractivity contribution is -0.121. The number of carbonyl (C=O) groups excluding carboxylic acids is 2. The molecule has 10 heteroatoms. The lowest BCUT2D eigenvalue weighted by Crippen LogP contribution is -2.26. The Bertz CT molecular complexity index is 1530. The van der Waals surface area contributed by atoms with Gasteiger partial charge in [0.2, 0.25) is 23.0 Å². The highest BCUT2D eigenvalue weighted by atomic mass is 19.1. The minimum absolute atomic E-state index is 0.112. The molecule has 0 heterocycles. The van der Waals surface area contributed by atoms with Crippen LogP contribution in [-0.2, 0) is 22.6 Å². The third-order valence-corrected chi connectivity index (χ3v) is 7.25. The van der Waals surface area contributed by atoms with Crippen molar-refractivity contribution < 1.29 is 28.2 Å². The molecule has 3 aromatic carbocycles. The molecule has 0 bridgehead atoms. The van der Waals surface area contributed by atoms with Gasteiger partial charge in [-0.1, -0.05) is 24.3 Å². The molecule has 3 aromatic rings. The van der Waals surface area contributed by atoms with E-state index in [4.69, 9.17) is 14.2 Å². The van der Waals surface area contributed by atoms with Crippen LogP contribution in [0, 0.1) is 5.82 Å². The topological polar surface area (TPSA) is 115 Å². The van der Waals surface area contributed by atoms with Gasteiger partial charge in [0.05, 0.1) is 33.1 Å². The van der Waals surface area contributed by atoms with E-state index in [-0.39, 0.29) is 36.0 Å². The predicted molar refractivity (Wildman–Crippen MR) is 159 cm³/mol. The summed E-state index contributed by atoms with van der Waals surface area (Å²) in [6.45, 7) is 1.93. The lowest BCUT2D eigenvalue weighted by atomic mass is 9.95. The van der Waals surface area contributed by atoms with E-state index in [1.54, 1.807) is 44.6 Å². The third kappa shape index (κ3) is 6.82. The van der Waals surface area contributed by atoms with Crippen LogP contribution < -0.4 is 35.6 Å². The van der Waals surface area contributed by atoms with Crippen molar-refractivity contribution in [1.29, 1.82) is 0 Å². The Labute approximate surface area is 244 Å². The molecule has 3 N–H and O–H groups in total. The first-order valence-corrected chi connectivity index (χ1v) is 13.8. The highest BCUT2D eigenvalue weighted by Gasteiger charge is 2.29. The Hall–Kier alpha value is -4.60. The Morgan fingerprint density at radius 1 is 1.00 bits per heavy atom. The molecule has 222 valence electrons. The van der Waals surface area contributed by atoms with E-state index in [1.165, 1.54) is 20.1 Å². The van der Waals surface area contributed by atoms with Gasteiger partial charge in [-0.3, -0.25) is 14.4 Å². The zero-order valence-corrected chi connectivity index (χ0v) is 24.3. The molecule has 1 atom stereocenters. The first-order chi connectivity index (χ1) is 20.3. The Morgan fingerprint density at radius 2 is 1.76 bits per heavy atom. The molecule has 2 amide bonds. The Kier molecular flexibility index (Phi) is 10.0. The second-order valence-corrected chi connectivity index (χ2v) is 9.99. The largest absolute Gasteiger partial charge is 0.493 e. The van der Waals surface area contributed by atoms with Crippen molar-refractivity contribution in [3.8, 4) is 28.4 Å². The quantitative estimate of drug-likeness (QED) is 0.287. The van der Waals surface area contributed by atoms with E-state index in [9.17, 15) is 18.8 Å². The maximum Gasteiger partial charge on any atom is 0.220 e. The van der Waals surface area contributed by atoms with Crippen LogP contribution in [0.4, 0.5) is 10.1 Å². The van der Waals surface area contributed by atoms with Gasteiger partial charge in [0, 0.05) is 37.6 Å². The zero-order chi connectivity index (χ0) is 30.2. The fraction of sp³-hybridized carbons (Fsp3) is 0.344. The van der Waals surface area contributed by atoms with Gasteiger partial charge in [-0.05, 0) is 60.2 Å². The third-order valence-electron chi connectivity index (χ3n) is 7.25. The number of carbonyl (C=O) groups is 2. The van der Waals surface area contributed by atoms with E-state index in [0.29, 0.717) is 59.9 Å². The molecule has 1 aliphatic carbocycles. The first-order valence-electron chi connectivity index (χ1n) is 13.8. The number of halogens is 1. The summed E-state index contributed by atoms with van der Waals surface area (Å²) in [6.07, 6.45) is 1.84. The van der Waals surface area contributed by atoms with Gasteiger partial charge in [-0.2, -0.15) is 0 Å². The molecule has 1 aliphatic rings. The molecule has 0 radical (unpaired) electrons. The number of ether oxygens (including phenoxy) is 3. The highest BCUT2D eigenvalue weighted by molar-refractivity contribution is 5.83. The van der Waals surface area contributed by atoms with Gasteiger partial charge in [-0.15, -0.1) is 0 Å². The van der Waals surface area contributed by atoms with E-state index >= 15 is 0 Å². The highest BCUT2D eigenvalue weighted by Crippen LogP contribution is 2.50. The maximum absolute atomic E-state index is 13.8. The molecule has 0 aliphatic heterocycles. The monoisotopic (exact) mass is 577 g/mol. The predicted octanol–water partition coefficient (Wildman–Crippen LogP) is 4.51. The van der Waals surface area contributed by atoms with E-state index in [0.717, 1.165) is 16.7 Å². The minimum atomic E-state index is -0.405. The summed E-state index contributed by atoms with van der Waals surface area (Å²) >= 11 is 0. The fourth-order valence-corrected chi connectivity index (χ4v) is 5.25. The van der Waals surface area contributed by atoms with Gasteiger partial charge in [-0.25, -0.2) is 4.39 Å². The van der Waals surface area contributed by atoms with Crippen molar-refractivity contribution in [3.05, 3.63) is 81.3 Å². The van der Waals surface area contributed by atoms with Crippen LogP contribution in [0.1, 0.15) is 48.9 Å². The molecule has 0 saturated carbocycles. The molecule has 9 nitrogen and oxygen atoms in total. The molecule has 0 saturated heterocycles. The van der Waals surface area contributed by atoms with Crippen molar-refractivity contribution in [1.82, 2.24) is 10.6 Å². The van der Waals surface area contributed by atoms with Crippen LogP contribution in [0.3, 0.4) is 0 Å². The maximum atomic E-state index is 13.8. The number of fused-ring (bicyclic) bond motifs is 3. The van der Waals surface area contributed by atoms with Gasteiger partial charge in [0.15, 0.2) is 11.5 Å². The minimum Gasteiger partial charge on any atom is -0.493 e. The molecular weight excluding hydrogens is 541 g/mol. The van der Waals surface area contributed by atoms with Gasteiger partial charge in [0.25, 0.3) is 0 Å². The van der Waals surface area contributed by atoms with Crippen LogP contribution in [0.5, 0.6) is 17.2 Å². The molecule has 42 heavy (non-hydrogen) atoms. The second kappa shape index (κ2) is 13.8. The number of aryl methyl sites for hydroxylation is 1. The average molecular weight is 578 g/mol. The summed E-state index contributed by atoms with van der Waals surface area (Å²) in [5, 5.41) is 8.86. The second-order valence-electron chi connectivity index (χ2n) is 9.99. The van der Waals surface area contributed by atoms with E-state index in [1.807, 2.05) is 12.1 Å². The number of rotatable bonds is 11. The standard InChI is InChI=1S/C32H36FN3O6/c1-19(37)36-25-13-11-20-16-28(40-2)31(41-3)32(42-4)30(20)22-12-14-26(27(38)17-23(22)25)34-15-7-10-29(39)35-18-21-8-5-6-9-24(21)33/h5-6,8-9,12,14,16-17,25H,7,10-11,13,15,18H2,1-4H3,(H,34,38)(H,35,39)(H,36,37)/t25-/m0/s1. The lowest BCUT2D eigenvalue weighted by Gasteiger charge is -2.19. The van der Waals surface area contributed by atoms with Crippen molar-refractivity contribution in [3.63, 3.8) is 0 Å². The smallest absolute Gasteiger partial charge is 0.220 e. The van der Waals surface area contributed by atoms with Crippen LogP contribution in [0.25, 0.3) is 11.1 Å².